The number of halogens is 2. The van der Waals surface area contributed by atoms with Crippen molar-refractivity contribution in [1.29, 1.82) is 0 Å². The summed E-state index contributed by atoms with van der Waals surface area (Å²) in [6.07, 6.45) is 0. The van der Waals surface area contributed by atoms with Gasteiger partial charge in [-0.25, -0.2) is 0 Å². The zero-order chi connectivity index (χ0) is 13.8. The summed E-state index contributed by atoms with van der Waals surface area (Å²) in [5, 5.41) is 6.20. The quantitative estimate of drug-likeness (QED) is 0.799. The van der Waals surface area contributed by atoms with E-state index >= 15 is 0 Å². The summed E-state index contributed by atoms with van der Waals surface area (Å²) in [4.78, 5) is 15.6. The van der Waals surface area contributed by atoms with Crippen molar-refractivity contribution in [1.82, 2.24) is 15.5 Å². The zero-order valence-electron chi connectivity index (χ0n) is 10.7. The Morgan fingerprint density at radius 1 is 1.63 bits per heavy atom. The summed E-state index contributed by atoms with van der Waals surface area (Å²) >= 11 is 8.73. The van der Waals surface area contributed by atoms with Crippen LogP contribution in [0.25, 0.3) is 0 Å². The molecular weight excluding hydrogens is 394 g/mol. The van der Waals surface area contributed by atoms with E-state index in [0.29, 0.717) is 6.54 Å². The van der Waals surface area contributed by atoms with Gasteiger partial charge in [-0.1, -0.05) is 0 Å². The predicted molar refractivity (Wildman–Crippen MR) is 85.5 cm³/mol. The lowest BCUT2D eigenvalue weighted by Crippen LogP contribution is -2.57. The molecule has 1 amide bonds. The molecule has 0 aliphatic carbocycles. The van der Waals surface area contributed by atoms with Crippen LogP contribution in [0.5, 0.6) is 0 Å². The average molecular weight is 411 g/mol. The number of hydrogen-bond donors (Lipinski definition) is 2. The molecule has 1 atom stereocenters. The molecule has 1 unspecified atom stereocenters. The molecular formula is C12H17Br2N3OS. The molecule has 0 radical (unpaired) electrons. The number of nitrogens with zero attached hydrogens (tertiary/aromatic N) is 1. The Hall–Kier alpha value is 0.0500. The minimum atomic E-state index is -0.0756. The van der Waals surface area contributed by atoms with Gasteiger partial charge in [0.1, 0.15) is 6.04 Å². The summed E-state index contributed by atoms with van der Waals surface area (Å²) in [7, 11) is 0. The number of nitrogens with one attached hydrogen (secondary N) is 2. The van der Waals surface area contributed by atoms with Gasteiger partial charge in [0.25, 0.3) is 0 Å². The van der Waals surface area contributed by atoms with Crippen molar-refractivity contribution in [2.45, 2.75) is 19.5 Å². The first kappa shape index (κ1) is 15.4. The molecule has 0 aromatic carbocycles. The maximum absolute atomic E-state index is 12.1. The Morgan fingerprint density at radius 3 is 3.05 bits per heavy atom. The first-order valence-electron chi connectivity index (χ1n) is 6.28. The van der Waals surface area contributed by atoms with E-state index in [9.17, 15) is 4.79 Å². The van der Waals surface area contributed by atoms with E-state index in [1.807, 2.05) is 6.92 Å². The Bertz CT molecular complexity index is 433. The normalized spacial score (nSPS) is 20.5. The smallest absolute Gasteiger partial charge is 0.238 e. The number of hydrogen-bond acceptors (Lipinski definition) is 4. The molecule has 0 saturated carbocycles. The Labute approximate surface area is 134 Å². The van der Waals surface area contributed by atoms with Crippen LogP contribution >= 0.6 is 43.2 Å². The van der Waals surface area contributed by atoms with Crippen molar-refractivity contribution < 1.29 is 4.79 Å². The molecule has 1 saturated heterocycles. The molecule has 2 N–H and O–H groups in total. The van der Waals surface area contributed by atoms with Crippen molar-refractivity contribution in [3.8, 4) is 0 Å². The molecule has 2 heterocycles. The number of likely N-dealkylation sites (N-methyl/N-ethyl adjacent to an activating group) is 1. The fraction of sp³-hybridized carbons (Fsp3) is 0.583. The van der Waals surface area contributed by atoms with Crippen LogP contribution < -0.4 is 10.6 Å². The van der Waals surface area contributed by atoms with Gasteiger partial charge in [-0.15, -0.1) is 11.3 Å². The summed E-state index contributed by atoms with van der Waals surface area (Å²) in [5.41, 5.74) is 0. The van der Waals surface area contributed by atoms with Crippen LogP contribution in [-0.4, -0.2) is 43.0 Å². The molecule has 4 nitrogen and oxygen atoms in total. The lowest BCUT2D eigenvalue weighted by atomic mass is 10.1. The van der Waals surface area contributed by atoms with E-state index in [0.717, 1.165) is 34.4 Å². The zero-order valence-corrected chi connectivity index (χ0v) is 14.7. The van der Waals surface area contributed by atoms with Crippen LogP contribution in [-0.2, 0) is 11.3 Å². The molecule has 1 aromatic rings. The molecule has 19 heavy (non-hydrogen) atoms. The minimum absolute atomic E-state index is 0.0756. The molecule has 1 aliphatic rings. The van der Waals surface area contributed by atoms with E-state index < -0.39 is 0 Å². The van der Waals surface area contributed by atoms with Crippen LogP contribution in [0.3, 0.4) is 0 Å². The maximum Gasteiger partial charge on any atom is 0.238 e. The molecule has 0 spiro atoms. The van der Waals surface area contributed by atoms with Crippen molar-refractivity contribution >= 4 is 49.1 Å². The standard InChI is InChI=1S/C12H17Br2N3OS/c1-2-16-12(18)10-6-15-3-4-17(10)7-8-5-9(13)11(14)19-8/h5,10,15H,2-4,6-7H2,1H3,(H,16,18). The van der Waals surface area contributed by atoms with Crippen LogP contribution in [0.4, 0.5) is 0 Å². The second-order valence-corrected chi connectivity index (χ2v) is 7.73. The highest BCUT2D eigenvalue weighted by atomic mass is 79.9. The highest BCUT2D eigenvalue weighted by Gasteiger charge is 2.28. The average Bonchev–Trinajstić information content (AvgIpc) is 2.69. The van der Waals surface area contributed by atoms with E-state index in [-0.39, 0.29) is 11.9 Å². The van der Waals surface area contributed by atoms with E-state index in [2.05, 4.69) is 53.5 Å². The van der Waals surface area contributed by atoms with Crippen molar-refractivity contribution in [2.24, 2.45) is 0 Å². The SMILES string of the molecule is CCNC(=O)C1CNCCN1Cc1cc(Br)c(Br)s1. The number of piperazine rings is 1. The summed E-state index contributed by atoms with van der Waals surface area (Å²) in [6, 6.07) is 2.04. The van der Waals surface area contributed by atoms with E-state index in [1.54, 1.807) is 11.3 Å². The molecule has 2 rings (SSSR count). The highest BCUT2D eigenvalue weighted by Crippen LogP contribution is 2.33. The highest BCUT2D eigenvalue weighted by molar-refractivity contribution is 9.13. The predicted octanol–water partition coefficient (Wildman–Crippen LogP) is 2.18. The first-order chi connectivity index (χ1) is 9.11. The summed E-state index contributed by atoms with van der Waals surface area (Å²) in [5.74, 6) is 0.115. The Morgan fingerprint density at radius 2 is 2.42 bits per heavy atom. The third-order valence-corrected chi connectivity index (χ3v) is 6.30. The number of carbonyl (C=O) groups is 1. The third kappa shape index (κ3) is 4.01. The second-order valence-electron chi connectivity index (χ2n) is 4.42. The van der Waals surface area contributed by atoms with Gasteiger partial charge in [-0.2, -0.15) is 0 Å². The second kappa shape index (κ2) is 7.17. The number of carbonyl (C=O) groups excluding carboxylic acids is 1. The van der Waals surface area contributed by atoms with Gasteiger partial charge in [0.05, 0.1) is 3.79 Å². The van der Waals surface area contributed by atoms with Gasteiger partial charge in [0.15, 0.2) is 0 Å². The third-order valence-electron chi connectivity index (χ3n) is 3.06. The van der Waals surface area contributed by atoms with Gasteiger partial charge in [-0.05, 0) is 44.8 Å². The Kier molecular flexibility index (Phi) is 5.83. The van der Waals surface area contributed by atoms with Crippen LogP contribution in [0.2, 0.25) is 0 Å². The number of thiophene rings is 1. The van der Waals surface area contributed by atoms with Crippen molar-refractivity contribution in [3.05, 3.63) is 19.2 Å². The van der Waals surface area contributed by atoms with Gasteiger partial charge in [-0.3, -0.25) is 9.69 Å². The van der Waals surface area contributed by atoms with Gasteiger partial charge >= 0.3 is 0 Å². The van der Waals surface area contributed by atoms with Crippen molar-refractivity contribution in [3.63, 3.8) is 0 Å². The Balaban J connectivity index is 2.05. The minimum Gasteiger partial charge on any atom is -0.355 e. The largest absolute Gasteiger partial charge is 0.355 e. The number of amides is 1. The molecule has 1 aliphatic heterocycles. The maximum atomic E-state index is 12.1. The van der Waals surface area contributed by atoms with E-state index in [4.69, 9.17) is 0 Å². The lowest BCUT2D eigenvalue weighted by molar-refractivity contribution is -0.127. The first-order valence-corrected chi connectivity index (χ1v) is 8.68. The topological polar surface area (TPSA) is 44.4 Å². The fourth-order valence-electron chi connectivity index (χ4n) is 2.16. The lowest BCUT2D eigenvalue weighted by Gasteiger charge is -2.34. The molecule has 1 fully saturated rings. The molecule has 1 aromatic heterocycles. The monoisotopic (exact) mass is 409 g/mol. The van der Waals surface area contributed by atoms with Gasteiger partial charge < -0.3 is 10.6 Å². The van der Waals surface area contributed by atoms with E-state index in [1.165, 1.54) is 4.88 Å². The molecule has 7 heteroatoms. The summed E-state index contributed by atoms with van der Waals surface area (Å²) in [6.45, 7) is 6.00. The molecule has 0 bridgehead atoms. The summed E-state index contributed by atoms with van der Waals surface area (Å²) < 4.78 is 2.18. The van der Waals surface area contributed by atoms with Crippen molar-refractivity contribution in [2.75, 3.05) is 26.2 Å². The van der Waals surface area contributed by atoms with Gasteiger partial charge in [0, 0.05) is 42.1 Å². The van der Waals surface area contributed by atoms with Crippen LogP contribution in [0.15, 0.2) is 14.3 Å². The van der Waals surface area contributed by atoms with Gasteiger partial charge in [0.2, 0.25) is 5.91 Å². The number of rotatable bonds is 4. The van der Waals surface area contributed by atoms with Crippen LogP contribution in [0, 0.1) is 0 Å². The van der Waals surface area contributed by atoms with Crippen LogP contribution in [0.1, 0.15) is 11.8 Å². The molecule has 106 valence electrons. The fourth-order valence-corrected chi connectivity index (χ4v) is 4.36.